The summed E-state index contributed by atoms with van der Waals surface area (Å²) in [6.07, 6.45) is -0.312. The van der Waals surface area contributed by atoms with Crippen molar-refractivity contribution in [2.75, 3.05) is 26.7 Å². The molecule has 2 rings (SSSR count). The van der Waals surface area contributed by atoms with Crippen molar-refractivity contribution in [3.8, 4) is 11.5 Å². The number of methoxy groups -OCH3 is 1. The summed E-state index contributed by atoms with van der Waals surface area (Å²) in [5.74, 6) is 1.48. The SMILES string of the molecule is COc1cc(CNCCNCC(C)O)ccc1OCc1ccccc1. The van der Waals surface area contributed by atoms with E-state index in [2.05, 4.69) is 10.6 Å². The molecular weight excluding hydrogens is 316 g/mol. The summed E-state index contributed by atoms with van der Waals surface area (Å²) in [6.45, 7) is 5.31. The minimum absolute atomic E-state index is 0.312. The molecule has 136 valence electrons. The summed E-state index contributed by atoms with van der Waals surface area (Å²) in [7, 11) is 1.65. The molecule has 2 aromatic carbocycles. The molecule has 5 heteroatoms. The number of nitrogens with one attached hydrogen (secondary N) is 2. The predicted octanol–water partition coefficient (Wildman–Crippen LogP) is 2.33. The first kappa shape index (κ1) is 19.2. The van der Waals surface area contributed by atoms with Crippen molar-refractivity contribution < 1.29 is 14.6 Å². The Hall–Kier alpha value is -2.08. The molecule has 0 fully saturated rings. The van der Waals surface area contributed by atoms with Crippen LogP contribution in [0, 0.1) is 0 Å². The van der Waals surface area contributed by atoms with Gasteiger partial charge in [0.25, 0.3) is 0 Å². The van der Waals surface area contributed by atoms with Crippen LogP contribution in [-0.2, 0) is 13.2 Å². The number of hydrogen-bond donors (Lipinski definition) is 3. The first-order valence-corrected chi connectivity index (χ1v) is 8.62. The van der Waals surface area contributed by atoms with Crippen molar-refractivity contribution in [3.05, 3.63) is 59.7 Å². The zero-order valence-electron chi connectivity index (χ0n) is 15.0. The van der Waals surface area contributed by atoms with Crippen molar-refractivity contribution in [2.45, 2.75) is 26.2 Å². The second-order valence-electron chi connectivity index (χ2n) is 5.99. The lowest BCUT2D eigenvalue weighted by Crippen LogP contribution is -2.31. The van der Waals surface area contributed by atoms with Gasteiger partial charge in [0, 0.05) is 26.2 Å². The minimum atomic E-state index is -0.312. The molecule has 0 aliphatic rings. The summed E-state index contributed by atoms with van der Waals surface area (Å²) in [4.78, 5) is 0. The Morgan fingerprint density at radius 1 is 0.960 bits per heavy atom. The molecule has 0 aromatic heterocycles. The number of hydrogen-bond acceptors (Lipinski definition) is 5. The van der Waals surface area contributed by atoms with Gasteiger partial charge in [-0.2, -0.15) is 0 Å². The largest absolute Gasteiger partial charge is 0.493 e. The van der Waals surface area contributed by atoms with Crippen LogP contribution >= 0.6 is 0 Å². The zero-order valence-corrected chi connectivity index (χ0v) is 15.0. The average molecular weight is 344 g/mol. The smallest absolute Gasteiger partial charge is 0.161 e. The van der Waals surface area contributed by atoms with E-state index >= 15 is 0 Å². The third-order valence-corrected chi connectivity index (χ3v) is 3.71. The van der Waals surface area contributed by atoms with Crippen molar-refractivity contribution in [1.29, 1.82) is 0 Å². The zero-order chi connectivity index (χ0) is 17.9. The van der Waals surface area contributed by atoms with Crippen molar-refractivity contribution in [1.82, 2.24) is 10.6 Å². The molecular formula is C20H28N2O3. The summed E-state index contributed by atoms with van der Waals surface area (Å²) >= 11 is 0. The number of ether oxygens (including phenoxy) is 2. The van der Waals surface area contributed by atoms with Crippen LogP contribution < -0.4 is 20.1 Å². The Kier molecular flexibility index (Phi) is 8.25. The van der Waals surface area contributed by atoms with Gasteiger partial charge in [-0.3, -0.25) is 0 Å². The van der Waals surface area contributed by atoms with Gasteiger partial charge in [-0.05, 0) is 30.2 Å². The van der Waals surface area contributed by atoms with Gasteiger partial charge in [-0.1, -0.05) is 36.4 Å². The van der Waals surface area contributed by atoms with Crippen LogP contribution in [0.3, 0.4) is 0 Å². The normalized spacial score (nSPS) is 12.0. The van der Waals surface area contributed by atoms with Crippen LogP contribution in [0.15, 0.2) is 48.5 Å². The highest BCUT2D eigenvalue weighted by Gasteiger charge is 2.06. The molecule has 0 saturated carbocycles. The maximum Gasteiger partial charge on any atom is 0.161 e. The molecule has 2 aromatic rings. The predicted molar refractivity (Wildman–Crippen MR) is 100 cm³/mol. The van der Waals surface area contributed by atoms with Crippen molar-refractivity contribution in [3.63, 3.8) is 0 Å². The van der Waals surface area contributed by atoms with Gasteiger partial charge in [0.15, 0.2) is 11.5 Å². The number of benzene rings is 2. The molecule has 0 amide bonds. The Morgan fingerprint density at radius 3 is 2.44 bits per heavy atom. The first-order valence-electron chi connectivity index (χ1n) is 8.62. The fourth-order valence-electron chi connectivity index (χ4n) is 2.40. The molecule has 0 radical (unpaired) electrons. The minimum Gasteiger partial charge on any atom is -0.493 e. The van der Waals surface area contributed by atoms with Crippen LogP contribution in [0.5, 0.6) is 11.5 Å². The van der Waals surface area contributed by atoms with Gasteiger partial charge in [-0.25, -0.2) is 0 Å². The van der Waals surface area contributed by atoms with Gasteiger partial charge < -0.3 is 25.2 Å². The molecule has 1 unspecified atom stereocenters. The van der Waals surface area contributed by atoms with E-state index in [1.54, 1.807) is 14.0 Å². The third kappa shape index (κ3) is 7.13. The first-order chi connectivity index (χ1) is 12.2. The van der Waals surface area contributed by atoms with Crippen LogP contribution in [0.4, 0.5) is 0 Å². The van der Waals surface area contributed by atoms with Crippen molar-refractivity contribution >= 4 is 0 Å². The van der Waals surface area contributed by atoms with Gasteiger partial charge in [0.05, 0.1) is 13.2 Å². The average Bonchev–Trinajstić information content (AvgIpc) is 2.63. The second kappa shape index (κ2) is 10.7. The topological polar surface area (TPSA) is 62.8 Å². The molecule has 3 N–H and O–H groups in total. The monoisotopic (exact) mass is 344 g/mol. The fraction of sp³-hybridized carbons (Fsp3) is 0.400. The van der Waals surface area contributed by atoms with E-state index in [-0.39, 0.29) is 6.10 Å². The van der Waals surface area contributed by atoms with Crippen LogP contribution in [0.2, 0.25) is 0 Å². The van der Waals surface area contributed by atoms with Crippen LogP contribution in [0.25, 0.3) is 0 Å². The molecule has 25 heavy (non-hydrogen) atoms. The van der Waals surface area contributed by atoms with Crippen LogP contribution in [-0.4, -0.2) is 38.0 Å². The number of aliphatic hydroxyl groups is 1. The second-order valence-corrected chi connectivity index (χ2v) is 5.99. The Labute approximate surface area is 150 Å². The molecule has 5 nitrogen and oxygen atoms in total. The van der Waals surface area contributed by atoms with Gasteiger partial charge in [-0.15, -0.1) is 0 Å². The molecule has 0 heterocycles. The van der Waals surface area contributed by atoms with E-state index in [1.807, 2.05) is 48.5 Å². The van der Waals surface area contributed by atoms with Crippen LogP contribution in [0.1, 0.15) is 18.1 Å². The van der Waals surface area contributed by atoms with Gasteiger partial charge in [0.1, 0.15) is 6.61 Å². The van der Waals surface area contributed by atoms with E-state index < -0.39 is 0 Å². The van der Waals surface area contributed by atoms with Gasteiger partial charge in [0.2, 0.25) is 0 Å². The summed E-state index contributed by atoms with van der Waals surface area (Å²) in [5.41, 5.74) is 2.26. The molecule has 0 saturated heterocycles. The van der Waals surface area contributed by atoms with E-state index in [9.17, 15) is 5.11 Å². The highest BCUT2D eigenvalue weighted by molar-refractivity contribution is 5.43. The molecule has 1 atom stereocenters. The standard InChI is InChI=1S/C20H28N2O3/c1-16(23)13-21-10-11-22-14-18-8-9-19(20(12-18)24-2)25-15-17-6-4-3-5-7-17/h3-9,12,16,21-23H,10-11,13-15H2,1-2H3. The summed E-state index contributed by atoms with van der Waals surface area (Å²) < 4.78 is 11.3. The molecule has 0 aliphatic heterocycles. The van der Waals surface area contributed by atoms with Crippen molar-refractivity contribution in [2.24, 2.45) is 0 Å². The highest BCUT2D eigenvalue weighted by Crippen LogP contribution is 2.28. The molecule has 0 bridgehead atoms. The Bertz CT molecular complexity index is 618. The maximum atomic E-state index is 9.18. The van der Waals surface area contributed by atoms with E-state index in [0.717, 1.165) is 42.3 Å². The fourth-order valence-corrected chi connectivity index (χ4v) is 2.40. The lowest BCUT2D eigenvalue weighted by Gasteiger charge is -2.13. The summed E-state index contributed by atoms with van der Waals surface area (Å²) in [6, 6.07) is 16.1. The maximum absolute atomic E-state index is 9.18. The quantitative estimate of drug-likeness (QED) is 0.546. The Balaban J connectivity index is 1.80. The number of aliphatic hydroxyl groups excluding tert-OH is 1. The van der Waals surface area contributed by atoms with E-state index in [0.29, 0.717) is 13.2 Å². The third-order valence-electron chi connectivity index (χ3n) is 3.71. The summed E-state index contributed by atoms with van der Waals surface area (Å²) in [5, 5.41) is 15.7. The lowest BCUT2D eigenvalue weighted by atomic mass is 10.2. The highest BCUT2D eigenvalue weighted by atomic mass is 16.5. The molecule has 0 aliphatic carbocycles. The van der Waals surface area contributed by atoms with E-state index in [4.69, 9.17) is 9.47 Å². The molecule has 0 spiro atoms. The number of rotatable bonds is 11. The lowest BCUT2D eigenvalue weighted by molar-refractivity contribution is 0.191. The Morgan fingerprint density at radius 2 is 1.72 bits per heavy atom. The van der Waals surface area contributed by atoms with Gasteiger partial charge >= 0.3 is 0 Å². The van der Waals surface area contributed by atoms with E-state index in [1.165, 1.54) is 0 Å².